The van der Waals surface area contributed by atoms with Gasteiger partial charge >= 0.3 is 0 Å². The standard InChI is InChI=1S/C16H25N5.ClH/c1-11(2)21-8-6-13-15(18-10-19-16(13)21)20(4)14-9-17-7-5-12(14)3;/h6,8,10-12,14,17H,5,7,9H2,1-4H3;1H/t12-,14+;/m1./s1. The number of anilines is 1. The Hall–Kier alpha value is -1.33. The molecule has 3 heterocycles. The highest BCUT2D eigenvalue weighted by Gasteiger charge is 2.27. The number of hydrogen-bond acceptors (Lipinski definition) is 4. The third kappa shape index (κ3) is 2.92. The van der Waals surface area contributed by atoms with Gasteiger partial charge in [0.15, 0.2) is 0 Å². The largest absolute Gasteiger partial charge is 0.354 e. The molecule has 0 aromatic carbocycles. The summed E-state index contributed by atoms with van der Waals surface area (Å²) in [4.78, 5) is 11.4. The molecule has 5 nitrogen and oxygen atoms in total. The predicted octanol–water partition coefficient (Wildman–Crippen LogP) is 2.87. The number of rotatable bonds is 3. The van der Waals surface area contributed by atoms with Gasteiger partial charge in [0.25, 0.3) is 0 Å². The van der Waals surface area contributed by atoms with Gasteiger partial charge in [-0.05, 0) is 38.8 Å². The van der Waals surface area contributed by atoms with Gasteiger partial charge in [-0.15, -0.1) is 12.4 Å². The molecule has 2 aromatic rings. The molecule has 0 bridgehead atoms. The fraction of sp³-hybridized carbons (Fsp3) is 0.625. The van der Waals surface area contributed by atoms with Crippen molar-refractivity contribution in [3.8, 4) is 0 Å². The van der Waals surface area contributed by atoms with Crippen molar-refractivity contribution < 1.29 is 0 Å². The van der Waals surface area contributed by atoms with Crippen LogP contribution in [0.5, 0.6) is 0 Å². The van der Waals surface area contributed by atoms with E-state index in [0.717, 1.165) is 29.9 Å². The number of piperidine rings is 1. The molecule has 1 aliphatic rings. The van der Waals surface area contributed by atoms with Gasteiger partial charge in [0.05, 0.1) is 5.39 Å². The van der Waals surface area contributed by atoms with Crippen molar-refractivity contribution >= 4 is 29.3 Å². The van der Waals surface area contributed by atoms with Gasteiger partial charge in [0.2, 0.25) is 0 Å². The van der Waals surface area contributed by atoms with Gasteiger partial charge < -0.3 is 14.8 Å². The first-order valence-corrected chi connectivity index (χ1v) is 7.84. The van der Waals surface area contributed by atoms with Gasteiger partial charge in [-0.1, -0.05) is 6.92 Å². The van der Waals surface area contributed by atoms with Crippen molar-refractivity contribution in [1.29, 1.82) is 0 Å². The zero-order chi connectivity index (χ0) is 15.0. The van der Waals surface area contributed by atoms with Crippen LogP contribution in [-0.2, 0) is 0 Å². The lowest BCUT2D eigenvalue weighted by molar-refractivity contribution is 0.338. The lowest BCUT2D eigenvalue weighted by Gasteiger charge is -2.37. The molecule has 122 valence electrons. The summed E-state index contributed by atoms with van der Waals surface area (Å²) in [6.07, 6.45) is 5.02. The Balaban J connectivity index is 0.00000176. The number of likely N-dealkylation sites (N-methyl/N-ethyl adjacent to an activating group) is 1. The summed E-state index contributed by atoms with van der Waals surface area (Å²) in [7, 11) is 2.16. The van der Waals surface area contributed by atoms with Crippen LogP contribution in [0.4, 0.5) is 5.82 Å². The highest BCUT2D eigenvalue weighted by Crippen LogP contribution is 2.28. The van der Waals surface area contributed by atoms with Gasteiger partial charge in [-0.25, -0.2) is 9.97 Å². The van der Waals surface area contributed by atoms with E-state index in [1.807, 2.05) is 0 Å². The maximum absolute atomic E-state index is 4.56. The monoisotopic (exact) mass is 323 g/mol. The maximum Gasteiger partial charge on any atom is 0.145 e. The molecular weight excluding hydrogens is 298 g/mol. The second-order valence-electron chi connectivity index (χ2n) is 6.40. The molecule has 0 radical (unpaired) electrons. The first-order chi connectivity index (χ1) is 10.1. The zero-order valence-electron chi connectivity index (χ0n) is 13.8. The fourth-order valence-electron chi connectivity index (χ4n) is 3.30. The predicted molar refractivity (Wildman–Crippen MR) is 94.0 cm³/mol. The Morgan fingerprint density at radius 1 is 1.36 bits per heavy atom. The summed E-state index contributed by atoms with van der Waals surface area (Å²) in [5, 5.41) is 4.64. The number of nitrogens with zero attached hydrogens (tertiary/aromatic N) is 4. The highest BCUT2D eigenvalue weighted by atomic mass is 35.5. The van der Waals surface area contributed by atoms with Crippen molar-refractivity contribution in [3.63, 3.8) is 0 Å². The topological polar surface area (TPSA) is 46.0 Å². The SMILES string of the molecule is CC(C)n1ccc2c(N(C)[C@H]3CNCC[C@H]3C)ncnc21.Cl. The number of halogens is 1. The van der Waals surface area contributed by atoms with Crippen molar-refractivity contribution in [3.05, 3.63) is 18.6 Å². The van der Waals surface area contributed by atoms with Crippen LogP contribution in [0.25, 0.3) is 11.0 Å². The molecule has 2 atom stereocenters. The molecule has 1 aliphatic heterocycles. The normalized spacial score (nSPS) is 21.9. The summed E-state index contributed by atoms with van der Waals surface area (Å²) in [5.41, 5.74) is 1.03. The van der Waals surface area contributed by atoms with Crippen molar-refractivity contribution in [2.45, 2.75) is 39.3 Å². The van der Waals surface area contributed by atoms with Crippen LogP contribution < -0.4 is 10.2 Å². The van der Waals surface area contributed by atoms with E-state index in [2.05, 4.69) is 64.8 Å². The summed E-state index contributed by atoms with van der Waals surface area (Å²) < 4.78 is 2.21. The second-order valence-corrected chi connectivity index (χ2v) is 6.40. The number of aromatic nitrogens is 3. The minimum absolute atomic E-state index is 0. The average molecular weight is 324 g/mol. The minimum atomic E-state index is 0. The van der Waals surface area contributed by atoms with Crippen LogP contribution >= 0.6 is 12.4 Å². The van der Waals surface area contributed by atoms with Gasteiger partial charge in [-0.3, -0.25) is 0 Å². The van der Waals surface area contributed by atoms with Crippen LogP contribution in [0.3, 0.4) is 0 Å². The summed E-state index contributed by atoms with van der Waals surface area (Å²) in [5.74, 6) is 1.72. The molecule has 0 saturated carbocycles. The number of hydrogen-bond donors (Lipinski definition) is 1. The number of nitrogens with one attached hydrogen (secondary N) is 1. The van der Waals surface area contributed by atoms with Crippen LogP contribution in [0.2, 0.25) is 0 Å². The van der Waals surface area contributed by atoms with E-state index in [4.69, 9.17) is 0 Å². The molecule has 0 unspecified atom stereocenters. The van der Waals surface area contributed by atoms with E-state index in [1.54, 1.807) is 6.33 Å². The first-order valence-electron chi connectivity index (χ1n) is 7.84. The van der Waals surface area contributed by atoms with Crippen LogP contribution in [0.15, 0.2) is 18.6 Å². The molecule has 22 heavy (non-hydrogen) atoms. The Kier molecular flexibility index (Phi) is 5.29. The van der Waals surface area contributed by atoms with Crippen molar-refractivity contribution in [2.24, 2.45) is 5.92 Å². The van der Waals surface area contributed by atoms with Crippen molar-refractivity contribution in [1.82, 2.24) is 19.9 Å². The molecular formula is C16H26ClN5. The molecule has 0 aliphatic carbocycles. The third-order valence-electron chi connectivity index (χ3n) is 4.66. The quantitative estimate of drug-likeness (QED) is 0.943. The molecule has 1 fully saturated rings. The van der Waals surface area contributed by atoms with Gasteiger partial charge in [0, 0.05) is 31.9 Å². The second kappa shape index (κ2) is 6.84. The van der Waals surface area contributed by atoms with E-state index in [9.17, 15) is 0 Å². The highest BCUT2D eigenvalue weighted by molar-refractivity contribution is 5.88. The lowest BCUT2D eigenvalue weighted by Crippen LogP contribution is -2.49. The molecule has 2 aromatic heterocycles. The molecule has 0 spiro atoms. The van der Waals surface area contributed by atoms with Crippen LogP contribution in [-0.4, -0.2) is 40.7 Å². The summed E-state index contributed by atoms with van der Waals surface area (Å²) >= 11 is 0. The summed E-state index contributed by atoms with van der Waals surface area (Å²) in [6, 6.07) is 3.03. The maximum atomic E-state index is 4.56. The lowest BCUT2D eigenvalue weighted by atomic mass is 9.93. The van der Waals surface area contributed by atoms with E-state index < -0.39 is 0 Å². The van der Waals surface area contributed by atoms with Gasteiger partial charge in [-0.2, -0.15) is 0 Å². The molecule has 0 amide bonds. The van der Waals surface area contributed by atoms with Crippen LogP contribution in [0.1, 0.15) is 33.2 Å². The Bertz CT molecular complexity index is 624. The first kappa shape index (κ1) is 17.0. The molecule has 1 saturated heterocycles. The molecule has 6 heteroatoms. The zero-order valence-corrected chi connectivity index (χ0v) is 14.6. The molecule has 1 N–H and O–H groups in total. The fourth-order valence-corrected chi connectivity index (χ4v) is 3.30. The Morgan fingerprint density at radius 2 is 2.14 bits per heavy atom. The van der Waals surface area contributed by atoms with E-state index in [1.165, 1.54) is 6.42 Å². The smallest absolute Gasteiger partial charge is 0.145 e. The van der Waals surface area contributed by atoms with E-state index in [0.29, 0.717) is 18.0 Å². The Morgan fingerprint density at radius 3 is 2.82 bits per heavy atom. The third-order valence-corrected chi connectivity index (χ3v) is 4.66. The Labute approximate surface area is 138 Å². The van der Waals surface area contributed by atoms with Crippen LogP contribution in [0, 0.1) is 5.92 Å². The van der Waals surface area contributed by atoms with E-state index in [-0.39, 0.29) is 12.4 Å². The van der Waals surface area contributed by atoms with E-state index >= 15 is 0 Å². The molecule has 3 rings (SSSR count). The summed E-state index contributed by atoms with van der Waals surface area (Å²) in [6.45, 7) is 8.83. The van der Waals surface area contributed by atoms with Gasteiger partial charge in [0.1, 0.15) is 17.8 Å². The average Bonchev–Trinajstić information content (AvgIpc) is 2.91. The minimum Gasteiger partial charge on any atom is -0.354 e. The number of fused-ring (bicyclic) bond motifs is 1. The van der Waals surface area contributed by atoms with Crippen molar-refractivity contribution in [2.75, 3.05) is 25.0 Å².